The molecule has 3 aromatic rings. The zero-order chi connectivity index (χ0) is 33.6. The van der Waals surface area contributed by atoms with E-state index in [0.717, 1.165) is 33.5 Å². The van der Waals surface area contributed by atoms with E-state index in [1.807, 2.05) is 11.6 Å². The Morgan fingerprint density at radius 2 is 1.83 bits per heavy atom. The van der Waals surface area contributed by atoms with E-state index in [9.17, 15) is 36.4 Å². The van der Waals surface area contributed by atoms with Crippen LogP contribution in [0.15, 0.2) is 64.8 Å². The number of hydrogen-bond donors (Lipinski definition) is 1. The lowest BCUT2D eigenvalue weighted by Gasteiger charge is -2.27. The van der Waals surface area contributed by atoms with Gasteiger partial charge in [0.2, 0.25) is 11.2 Å². The van der Waals surface area contributed by atoms with Gasteiger partial charge in [0, 0.05) is 5.56 Å². The Morgan fingerprint density at radius 1 is 1.15 bits per heavy atom. The molecule has 1 amide bonds. The molecule has 18 heteroatoms. The predicted octanol–water partition coefficient (Wildman–Crippen LogP) is 4.71. The number of piperidine rings is 1. The van der Waals surface area contributed by atoms with Crippen LogP contribution in [0.2, 0.25) is 0 Å². The normalized spacial score (nSPS) is 15.8. The van der Waals surface area contributed by atoms with E-state index in [0.29, 0.717) is 12.0 Å². The smallest absolute Gasteiger partial charge is 0.511 e. The zero-order valence-electron chi connectivity index (χ0n) is 24.9. The molecule has 1 unspecified atom stereocenters. The molecule has 0 bridgehead atoms. The Morgan fingerprint density at radius 3 is 2.46 bits per heavy atom. The van der Waals surface area contributed by atoms with Crippen LogP contribution in [0.25, 0.3) is 16.9 Å². The minimum Gasteiger partial charge on any atom is -0.569 e. The zero-order valence-corrected chi connectivity index (χ0v) is 25.7. The Bertz CT molecular complexity index is 1680. The number of alkyl halides is 3. The number of nitrogens with one attached hydrogen (secondary N) is 1. The Kier molecular flexibility index (Phi) is 10.4. The van der Waals surface area contributed by atoms with E-state index < -0.39 is 52.8 Å². The first-order valence-electron chi connectivity index (χ1n) is 13.9. The van der Waals surface area contributed by atoms with Gasteiger partial charge in [-0.1, -0.05) is 29.8 Å². The largest absolute Gasteiger partial charge is 0.569 e. The van der Waals surface area contributed by atoms with Crippen molar-refractivity contribution in [2.24, 2.45) is 11.2 Å². The van der Waals surface area contributed by atoms with Crippen molar-refractivity contribution in [2.45, 2.75) is 50.8 Å². The van der Waals surface area contributed by atoms with Crippen molar-refractivity contribution in [2.75, 3.05) is 19.9 Å². The molecule has 0 radical (unpaired) electrons. The van der Waals surface area contributed by atoms with Crippen molar-refractivity contribution in [1.82, 2.24) is 19.5 Å². The summed E-state index contributed by atoms with van der Waals surface area (Å²) in [7, 11) is -4.39. The number of carbonyl (C=O) groups is 2. The van der Waals surface area contributed by atoms with Crippen molar-refractivity contribution in [3.05, 3.63) is 71.1 Å². The summed E-state index contributed by atoms with van der Waals surface area (Å²) in [5.41, 5.74) is 0.552. The van der Waals surface area contributed by atoms with Crippen LogP contribution < -0.4 is 4.72 Å². The SMILES string of the molecule is Cc1ccc(-c2cc(C(F)(F)F)nn2-c2ccc(S(=O)(=O)NC(=O)C3CCCN(/[N+]([O-])=N/OCOC(=O)OC(C)C)C3)cc2)cc1. The van der Waals surface area contributed by atoms with Crippen LogP contribution in [0.1, 0.15) is 37.9 Å². The molecule has 1 atom stereocenters. The molecule has 0 aliphatic carbocycles. The van der Waals surface area contributed by atoms with Gasteiger partial charge in [0.1, 0.15) is 0 Å². The Hall–Kier alpha value is -4.87. The maximum Gasteiger partial charge on any atom is 0.511 e. The summed E-state index contributed by atoms with van der Waals surface area (Å²) < 4.78 is 79.0. The number of carbonyl (C=O) groups excluding carboxylic acids is 2. The number of nitrogens with zero attached hydrogens (tertiary/aromatic N) is 5. The molecule has 4 rings (SSSR count). The Labute approximate surface area is 261 Å². The summed E-state index contributed by atoms with van der Waals surface area (Å²) in [5.74, 6) is -1.78. The molecule has 248 valence electrons. The lowest BCUT2D eigenvalue weighted by Crippen LogP contribution is -2.46. The van der Waals surface area contributed by atoms with E-state index in [-0.39, 0.29) is 40.8 Å². The third-order valence-corrected chi connectivity index (χ3v) is 8.04. The molecule has 14 nitrogen and oxygen atoms in total. The van der Waals surface area contributed by atoms with Gasteiger partial charge in [0.05, 0.1) is 46.4 Å². The van der Waals surface area contributed by atoms with Gasteiger partial charge in [-0.15, -0.1) is 5.01 Å². The van der Waals surface area contributed by atoms with E-state index in [1.165, 1.54) is 12.1 Å². The average Bonchev–Trinajstić information content (AvgIpc) is 3.46. The number of benzene rings is 2. The third-order valence-electron chi connectivity index (χ3n) is 6.68. The number of ether oxygens (including phenoxy) is 2. The molecule has 1 saturated heterocycles. The molecule has 1 aliphatic heterocycles. The minimum absolute atomic E-state index is 0.0636. The first kappa shape index (κ1) is 34.0. The number of rotatable bonds is 10. The molecule has 0 spiro atoms. The van der Waals surface area contributed by atoms with Gasteiger partial charge in [-0.05, 0) is 63.9 Å². The highest BCUT2D eigenvalue weighted by molar-refractivity contribution is 7.90. The molecule has 1 fully saturated rings. The molecule has 46 heavy (non-hydrogen) atoms. The van der Waals surface area contributed by atoms with Crippen LogP contribution in [0, 0.1) is 18.0 Å². The van der Waals surface area contributed by atoms with Crippen LogP contribution in [-0.4, -0.2) is 66.2 Å². The van der Waals surface area contributed by atoms with E-state index in [2.05, 4.69) is 20.0 Å². The van der Waals surface area contributed by atoms with Crippen LogP contribution in [-0.2, 0) is 35.3 Å². The topological polar surface area (TPSA) is 167 Å². The van der Waals surface area contributed by atoms with Crippen LogP contribution in [0.5, 0.6) is 0 Å². The van der Waals surface area contributed by atoms with Crippen molar-refractivity contribution >= 4 is 22.1 Å². The lowest BCUT2D eigenvalue weighted by molar-refractivity contribution is -0.714. The molecule has 2 aromatic carbocycles. The van der Waals surface area contributed by atoms with Crippen molar-refractivity contribution in [1.29, 1.82) is 0 Å². The first-order valence-corrected chi connectivity index (χ1v) is 15.4. The average molecular weight is 669 g/mol. The fraction of sp³-hybridized carbons (Fsp3) is 0.393. The molecule has 1 aliphatic rings. The van der Waals surface area contributed by atoms with Crippen molar-refractivity contribution in [3.8, 4) is 16.9 Å². The Balaban J connectivity index is 1.42. The number of sulfonamides is 1. The maximum absolute atomic E-state index is 13.5. The molecular formula is C28H31F3N6O8S. The molecule has 2 heterocycles. The fourth-order valence-electron chi connectivity index (χ4n) is 4.44. The van der Waals surface area contributed by atoms with Gasteiger partial charge >= 0.3 is 12.3 Å². The van der Waals surface area contributed by atoms with Gasteiger partial charge in [-0.2, -0.15) is 18.3 Å². The molecule has 1 aromatic heterocycles. The monoisotopic (exact) mass is 668 g/mol. The van der Waals surface area contributed by atoms with Gasteiger partial charge in [-0.25, -0.2) is 22.6 Å². The summed E-state index contributed by atoms with van der Waals surface area (Å²) >= 11 is 0. The fourth-order valence-corrected chi connectivity index (χ4v) is 5.48. The number of hydrogen-bond acceptors (Lipinski definition) is 10. The van der Waals surface area contributed by atoms with Gasteiger partial charge in [0.15, 0.2) is 5.69 Å². The summed E-state index contributed by atoms with van der Waals surface area (Å²) in [4.78, 5) is 28.6. The number of amides is 1. The second-order valence-electron chi connectivity index (χ2n) is 10.5. The quantitative estimate of drug-likeness (QED) is 0.0798. The number of aromatic nitrogens is 2. The highest BCUT2D eigenvalue weighted by Gasteiger charge is 2.36. The maximum atomic E-state index is 13.5. The number of aryl methyl sites for hydroxylation is 1. The summed E-state index contributed by atoms with van der Waals surface area (Å²) in [6, 6.07) is 12.5. The van der Waals surface area contributed by atoms with Crippen molar-refractivity contribution in [3.63, 3.8) is 0 Å². The van der Waals surface area contributed by atoms with E-state index in [4.69, 9.17) is 4.74 Å². The second kappa shape index (κ2) is 14.1. The third kappa shape index (κ3) is 8.64. The predicted molar refractivity (Wildman–Crippen MR) is 153 cm³/mol. The van der Waals surface area contributed by atoms with Crippen molar-refractivity contribution < 1.29 is 50.5 Å². The molecule has 1 N–H and O–H groups in total. The van der Waals surface area contributed by atoms with Crippen LogP contribution in [0.4, 0.5) is 18.0 Å². The second-order valence-corrected chi connectivity index (χ2v) is 12.2. The number of halogens is 3. The van der Waals surface area contributed by atoms with Gasteiger partial charge in [0.25, 0.3) is 16.8 Å². The van der Waals surface area contributed by atoms with Gasteiger partial charge < -0.3 is 19.5 Å². The molecule has 0 saturated carbocycles. The first-order chi connectivity index (χ1) is 21.6. The minimum atomic E-state index is -4.71. The van der Waals surface area contributed by atoms with E-state index >= 15 is 0 Å². The summed E-state index contributed by atoms with van der Waals surface area (Å²) in [6.45, 7) is 4.37. The summed E-state index contributed by atoms with van der Waals surface area (Å²) in [5, 5.41) is 20.3. The van der Waals surface area contributed by atoms with Crippen LogP contribution in [0.3, 0.4) is 0 Å². The van der Waals surface area contributed by atoms with E-state index in [1.54, 1.807) is 38.1 Å². The molecular weight excluding hydrogens is 637 g/mol. The standard InChI is InChI=1S/C28H31F3N6O8S/c1-18(2)45-27(39)43-17-44-34-37(40)35-14-4-5-21(16-35)26(38)33-46(41,42)23-12-10-22(11-13-23)36-24(15-25(32-36)28(29,30)31)20-8-6-19(3)7-9-20/h6-13,15,18,21H,4-5,14,16-17H2,1-3H3,(H,33,38)/b37-34-. The highest BCUT2D eigenvalue weighted by Crippen LogP contribution is 2.33. The number of hydrazine groups is 1. The highest BCUT2D eigenvalue weighted by atomic mass is 32.2. The van der Waals surface area contributed by atoms with Gasteiger partial charge in [-0.3, -0.25) is 4.79 Å². The van der Waals surface area contributed by atoms with Crippen LogP contribution >= 0.6 is 0 Å². The summed E-state index contributed by atoms with van der Waals surface area (Å²) in [6.07, 6.45) is -5.52. The lowest BCUT2D eigenvalue weighted by atomic mass is 9.99.